The number of benzene rings is 10. The summed E-state index contributed by atoms with van der Waals surface area (Å²) in [7, 11) is -2.66. The number of hydrogen-bond acceptors (Lipinski definition) is 1. The molecule has 0 aliphatic rings. The van der Waals surface area contributed by atoms with Crippen LogP contribution in [0.1, 0.15) is 0 Å². The van der Waals surface area contributed by atoms with Gasteiger partial charge in [0.05, 0.1) is 22.1 Å². The van der Waals surface area contributed by atoms with E-state index in [1.54, 1.807) is 0 Å². The summed E-state index contributed by atoms with van der Waals surface area (Å²) in [4.78, 5) is 0. The summed E-state index contributed by atoms with van der Waals surface area (Å²) in [6.45, 7) is 0. The van der Waals surface area contributed by atoms with Crippen molar-refractivity contribution in [2.45, 2.75) is 0 Å². The maximum absolute atomic E-state index is 6.32. The van der Waals surface area contributed by atoms with Crippen LogP contribution in [-0.4, -0.2) is 17.2 Å². The van der Waals surface area contributed by atoms with E-state index in [1.165, 1.54) is 69.9 Å². The van der Waals surface area contributed by atoms with Crippen LogP contribution in [0.2, 0.25) is 0 Å². The predicted molar refractivity (Wildman–Crippen MR) is 271 cm³/mol. The molecule has 4 heteroatoms. The third-order valence-electron chi connectivity index (χ3n) is 13.5. The van der Waals surface area contributed by atoms with E-state index in [-0.39, 0.29) is 0 Å². The molecule has 10 aromatic carbocycles. The number of rotatable bonds is 7. The molecule has 0 bridgehead atoms. The van der Waals surface area contributed by atoms with Gasteiger partial charge in [0.2, 0.25) is 0 Å². The summed E-state index contributed by atoms with van der Waals surface area (Å²) in [6.07, 6.45) is 0. The van der Waals surface area contributed by atoms with Gasteiger partial charge >= 0.3 is 0 Å². The van der Waals surface area contributed by atoms with Crippen molar-refractivity contribution < 1.29 is 4.42 Å². The third kappa shape index (κ3) is 5.39. The van der Waals surface area contributed by atoms with Crippen LogP contribution in [0.4, 0.5) is 0 Å². The summed E-state index contributed by atoms with van der Waals surface area (Å²) < 4.78 is 11.2. The molecular weight excluding hydrogens is 793 g/mol. The van der Waals surface area contributed by atoms with Gasteiger partial charge in [0, 0.05) is 43.7 Å². The lowest BCUT2D eigenvalue weighted by Gasteiger charge is -2.34. The summed E-state index contributed by atoms with van der Waals surface area (Å²) in [5.41, 5.74) is 11.1. The lowest BCUT2D eigenvalue weighted by molar-refractivity contribution is 0.669. The van der Waals surface area contributed by atoms with Crippen LogP contribution in [0, 0.1) is 0 Å². The average molecular weight is 833 g/mol. The van der Waals surface area contributed by atoms with Crippen molar-refractivity contribution >= 4 is 94.4 Å². The number of fused-ring (bicyclic) bond motifs is 9. The molecular formula is C60H40N2OSi. The minimum absolute atomic E-state index is 0.904. The molecule has 0 atom stereocenters. The van der Waals surface area contributed by atoms with Crippen LogP contribution in [0.15, 0.2) is 247 Å². The second kappa shape index (κ2) is 14.5. The minimum Gasteiger partial charge on any atom is -0.456 e. The number of aromatic nitrogens is 2. The highest BCUT2D eigenvalue weighted by molar-refractivity contribution is 7.19. The van der Waals surface area contributed by atoms with Crippen molar-refractivity contribution in [1.82, 2.24) is 9.13 Å². The molecule has 3 heterocycles. The number of hydrogen-bond donors (Lipinski definition) is 0. The topological polar surface area (TPSA) is 23.0 Å². The van der Waals surface area contributed by atoms with Crippen LogP contribution in [-0.2, 0) is 0 Å². The van der Waals surface area contributed by atoms with E-state index in [1.807, 2.05) is 6.07 Å². The van der Waals surface area contributed by atoms with Crippen LogP contribution in [0.3, 0.4) is 0 Å². The third-order valence-corrected chi connectivity index (χ3v) is 18.3. The van der Waals surface area contributed by atoms with Crippen molar-refractivity contribution in [1.29, 1.82) is 0 Å². The van der Waals surface area contributed by atoms with Gasteiger partial charge < -0.3 is 13.6 Å². The molecule has 0 saturated heterocycles. The molecule has 0 amide bonds. The van der Waals surface area contributed by atoms with Gasteiger partial charge in [0.25, 0.3) is 0 Å². The molecule has 0 unspecified atom stereocenters. The minimum atomic E-state index is -2.66. The highest BCUT2D eigenvalue weighted by Crippen LogP contribution is 2.41. The molecule has 13 aromatic rings. The first-order valence-corrected chi connectivity index (χ1v) is 24.0. The Labute approximate surface area is 371 Å². The molecule has 13 rings (SSSR count). The van der Waals surface area contributed by atoms with Crippen molar-refractivity contribution in [3.8, 4) is 22.5 Å². The number of furan rings is 1. The van der Waals surface area contributed by atoms with E-state index in [9.17, 15) is 0 Å². The van der Waals surface area contributed by atoms with Crippen molar-refractivity contribution in [3.63, 3.8) is 0 Å². The summed E-state index contributed by atoms with van der Waals surface area (Å²) in [5.74, 6) is 0. The van der Waals surface area contributed by atoms with Gasteiger partial charge in [-0.25, -0.2) is 0 Å². The van der Waals surface area contributed by atoms with E-state index in [4.69, 9.17) is 4.42 Å². The fraction of sp³-hybridized carbons (Fsp3) is 0. The Hall–Kier alpha value is -8.18. The van der Waals surface area contributed by atoms with E-state index in [2.05, 4.69) is 246 Å². The summed E-state index contributed by atoms with van der Waals surface area (Å²) in [5, 5.41) is 12.7. The smallest absolute Gasteiger partial charge is 0.179 e. The highest BCUT2D eigenvalue weighted by atomic mass is 28.3. The van der Waals surface area contributed by atoms with E-state index >= 15 is 0 Å². The van der Waals surface area contributed by atoms with Gasteiger partial charge in [0.15, 0.2) is 8.07 Å². The Morgan fingerprint density at radius 3 is 1.44 bits per heavy atom. The maximum atomic E-state index is 6.32. The Kier molecular flexibility index (Phi) is 8.23. The van der Waals surface area contributed by atoms with Gasteiger partial charge in [-0.05, 0) is 92.5 Å². The van der Waals surface area contributed by atoms with Crippen LogP contribution < -0.4 is 20.7 Å². The lowest BCUT2D eigenvalue weighted by atomic mass is 9.98. The highest BCUT2D eigenvalue weighted by Gasteiger charge is 2.41. The second-order valence-electron chi connectivity index (χ2n) is 16.8. The van der Waals surface area contributed by atoms with Crippen LogP contribution >= 0.6 is 0 Å². The number of nitrogens with zero attached hydrogens (tertiary/aromatic N) is 2. The fourth-order valence-electron chi connectivity index (χ4n) is 10.7. The summed E-state index contributed by atoms with van der Waals surface area (Å²) in [6, 6.07) is 89.2. The van der Waals surface area contributed by atoms with Gasteiger partial charge in [-0.3, -0.25) is 0 Å². The molecule has 0 saturated carbocycles. The first kappa shape index (κ1) is 36.5. The second-order valence-corrected chi connectivity index (χ2v) is 20.6. The normalized spacial score (nSPS) is 12.1. The molecule has 300 valence electrons. The average Bonchev–Trinajstić information content (AvgIpc) is 4.03. The monoisotopic (exact) mass is 832 g/mol. The zero-order valence-electron chi connectivity index (χ0n) is 34.9. The summed E-state index contributed by atoms with van der Waals surface area (Å²) >= 11 is 0. The molecule has 0 radical (unpaired) electrons. The molecule has 0 aliphatic heterocycles. The van der Waals surface area contributed by atoms with Crippen LogP contribution in [0.5, 0.6) is 0 Å². The molecule has 0 N–H and O–H groups in total. The first-order valence-electron chi connectivity index (χ1n) is 22.0. The molecule has 64 heavy (non-hydrogen) atoms. The lowest BCUT2D eigenvalue weighted by Crippen LogP contribution is -2.74. The maximum Gasteiger partial charge on any atom is 0.179 e. The quantitative estimate of drug-likeness (QED) is 0.116. The Morgan fingerprint density at radius 1 is 0.297 bits per heavy atom. The Morgan fingerprint density at radius 2 is 0.781 bits per heavy atom. The molecule has 0 fully saturated rings. The molecule has 3 nitrogen and oxygen atoms in total. The van der Waals surface area contributed by atoms with E-state index in [0.717, 1.165) is 38.9 Å². The van der Waals surface area contributed by atoms with Crippen LogP contribution in [0.25, 0.3) is 88.1 Å². The Bertz CT molecular complexity index is 3790. The SMILES string of the molecule is c1ccc([Si](c2ccccc2)(c2ccccc2)c2ccc(-n3c4ccccc4c4cc(-n5c6ccccc6c6ccc(-c7cccc8oc9ccccc9c78)cc65)ccc43)cc2)cc1. The van der Waals surface area contributed by atoms with E-state index in [0.29, 0.717) is 0 Å². The predicted octanol–water partition coefficient (Wildman–Crippen LogP) is 12.8. The fourth-order valence-corrected chi connectivity index (χ4v) is 15.5. The number of para-hydroxylation sites is 3. The first-order chi connectivity index (χ1) is 31.8. The van der Waals surface area contributed by atoms with E-state index < -0.39 is 8.07 Å². The van der Waals surface area contributed by atoms with Crippen molar-refractivity contribution in [2.75, 3.05) is 0 Å². The zero-order chi connectivity index (χ0) is 42.2. The van der Waals surface area contributed by atoms with Gasteiger partial charge in [-0.1, -0.05) is 182 Å². The molecule has 0 spiro atoms. The van der Waals surface area contributed by atoms with Gasteiger partial charge in [-0.2, -0.15) is 0 Å². The standard InChI is InChI=1S/C60H40N2OSi/c1-4-17-44(18-5-1)64(45-19-6-2-7-20-45,46-21-8-3-9-22-46)47-35-32-42(33-36-47)61-55-28-14-11-24-50(55)53-40-43(34-38-56(53)61)62-54-27-13-10-23-49(54)51-37-31-41(39-57(51)62)48-26-16-30-59-60(48)52-25-12-15-29-58(52)63-59/h1-40H. The van der Waals surface area contributed by atoms with Gasteiger partial charge in [0.1, 0.15) is 11.2 Å². The molecule has 0 aliphatic carbocycles. The van der Waals surface area contributed by atoms with Gasteiger partial charge in [-0.15, -0.1) is 0 Å². The zero-order valence-corrected chi connectivity index (χ0v) is 35.9. The van der Waals surface area contributed by atoms with Crippen molar-refractivity contribution in [3.05, 3.63) is 243 Å². The largest absolute Gasteiger partial charge is 0.456 e. The molecule has 3 aromatic heterocycles. The van der Waals surface area contributed by atoms with Crippen molar-refractivity contribution in [2.24, 2.45) is 0 Å². The Balaban J connectivity index is 0.988.